The molecule has 0 aliphatic carbocycles. The van der Waals surface area contributed by atoms with Crippen LogP contribution in [0.25, 0.3) is 22.1 Å². The summed E-state index contributed by atoms with van der Waals surface area (Å²) in [5, 5.41) is 8.33. The molecule has 206 valence electrons. The number of carbonyl (C=O) groups is 1. The first-order valence-electron chi connectivity index (χ1n) is 13.1. The fraction of sp³-hybridized carbons (Fsp3) is 0.0938. The first-order valence-corrected chi connectivity index (χ1v) is 13.1. The molecule has 4 aromatic heterocycles. The lowest BCUT2D eigenvalue weighted by atomic mass is 10.0. The molecule has 6 rings (SSSR count). The quantitative estimate of drug-likeness (QED) is 0.309. The number of anilines is 1. The predicted molar refractivity (Wildman–Crippen MR) is 160 cm³/mol. The predicted octanol–water partition coefficient (Wildman–Crippen LogP) is 3.91. The molecule has 0 unspecified atom stereocenters. The van der Waals surface area contributed by atoms with Crippen LogP contribution in [0.5, 0.6) is 5.88 Å². The molecule has 0 saturated carbocycles. The summed E-state index contributed by atoms with van der Waals surface area (Å²) in [7, 11) is 1.55. The SMILES string of the molecule is COc1ccc(C#Cc2cccc3cc([C@@H](C)NC(=O)c4c(N)nn5cccnc45)n(-c4ccccc4)c(=O)c23)cn1. The van der Waals surface area contributed by atoms with Crippen LogP contribution < -0.4 is 21.3 Å². The van der Waals surface area contributed by atoms with Crippen LogP contribution in [-0.4, -0.2) is 37.2 Å². The number of nitrogens with zero attached hydrogens (tertiary/aromatic N) is 5. The van der Waals surface area contributed by atoms with E-state index in [1.165, 1.54) is 4.52 Å². The molecule has 0 aliphatic rings. The molecule has 0 aliphatic heterocycles. The van der Waals surface area contributed by atoms with Crippen molar-refractivity contribution in [2.45, 2.75) is 13.0 Å². The molecule has 0 radical (unpaired) electrons. The number of pyridine rings is 2. The van der Waals surface area contributed by atoms with Gasteiger partial charge in [0, 0.05) is 47.2 Å². The highest BCUT2D eigenvalue weighted by molar-refractivity contribution is 6.04. The van der Waals surface area contributed by atoms with E-state index >= 15 is 0 Å². The summed E-state index contributed by atoms with van der Waals surface area (Å²) in [5.74, 6) is 6.33. The molecule has 1 atom stereocenters. The van der Waals surface area contributed by atoms with Crippen molar-refractivity contribution in [3.63, 3.8) is 0 Å². The van der Waals surface area contributed by atoms with E-state index in [-0.39, 0.29) is 16.9 Å². The molecule has 6 aromatic rings. The van der Waals surface area contributed by atoms with E-state index in [0.717, 1.165) is 0 Å². The van der Waals surface area contributed by atoms with E-state index in [1.807, 2.05) is 61.5 Å². The Kier molecular flexibility index (Phi) is 6.82. The number of nitrogens with one attached hydrogen (secondary N) is 1. The Balaban J connectivity index is 1.46. The fourth-order valence-electron chi connectivity index (χ4n) is 4.83. The summed E-state index contributed by atoms with van der Waals surface area (Å²) >= 11 is 0. The van der Waals surface area contributed by atoms with Gasteiger partial charge in [-0.15, -0.1) is 5.10 Å². The minimum Gasteiger partial charge on any atom is -0.481 e. The van der Waals surface area contributed by atoms with E-state index < -0.39 is 11.9 Å². The van der Waals surface area contributed by atoms with Crippen molar-refractivity contribution in [1.82, 2.24) is 29.5 Å². The second-order valence-electron chi connectivity index (χ2n) is 9.50. The topological polar surface area (TPSA) is 129 Å². The number of carbonyl (C=O) groups excluding carboxylic acids is 1. The summed E-state index contributed by atoms with van der Waals surface area (Å²) in [5.41, 5.74) is 8.83. The number of fused-ring (bicyclic) bond motifs is 2. The third-order valence-corrected chi connectivity index (χ3v) is 6.82. The highest BCUT2D eigenvalue weighted by Crippen LogP contribution is 2.24. The number of nitrogens with two attached hydrogens (primary N) is 1. The standard InChI is InChI=1S/C32H25N7O3/c1-20(36-31(40)28-29(33)37-38-17-7-16-34-30(28)38)25-18-23-9-6-8-22(14-12-21-13-15-26(42-2)35-19-21)27(23)32(41)39(25)24-10-4-3-5-11-24/h3-11,13,15-20H,1-2H3,(H2,33,37)(H,36,40)/t20-/m1/s1. The third-order valence-electron chi connectivity index (χ3n) is 6.82. The highest BCUT2D eigenvalue weighted by atomic mass is 16.5. The molecule has 42 heavy (non-hydrogen) atoms. The average Bonchev–Trinajstić information content (AvgIpc) is 3.36. The molecular formula is C32H25N7O3. The van der Waals surface area contributed by atoms with Gasteiger partial charge in [0.1, 0.15) is 5.56 Å². The first kappa shape index (κ1) is 26.3. The highest BCUT2D eigenvalue weighted by Gasteiger charge is 2.24. The van der Waals surface area contributed by atoms with Gasteiger partial charge in [0.25, 0.3) is 11.5 Å². The smallest absolute Gasteiger partial charge is 0.264 e. The number of aromatic nitrogens is 5. The van der Waals surface area contributed by atoms with Gasteiger partial charge in [-0.3, -0.25) is 14.2 Å². The second-order valence-corrected chi connectivity index (χ2v) is 9.50. The van der Waals surface area contributed by atoms with Crippen molar-refractivity contribution in [1.29, 1.82) is 0 Å². The minimum absolute atomic E-state index is 0.0626. The average molecular weight is 556 g/mol. The molecule has 0 spiro atoms. The van der Waals surface area contributed by atoms with Crippen LogP contribution >= 0.6 is 0 Å². The Morgan fingerprint density at radius 1 is 1.02 bits per heavy atom. The molecule has 10 heteroatoms. The zero-order chi connectivity index (χ0) is 29.2. The molecule has 0 saturated heterocycles. The summed E-state index contributed by atoms with van der Waals surface area (Å²) in [6, 6.07) is 21.3. The van der Waals surface area contributed by atoms with Gasteiger partial charge in [-0.05, 0) is 48.7 Å². The van der Waals surface area contributed by atoms with Crippen LogP contribution in [0.3, 0.4) is 0 Å². The zero-order valence-corrected chi connectivity index (χ0v) is 22.8. The number of methoxy groups -OCH3 is 1. The third kappa shape index (κ3) is 4.80. The Labute approximate surface area is 240 Å². The molecule has 4 heterocycles. The van der Waals surface area contributed by atoms with Gasteiger partial charge in [0.05, 0.1) is 18.5 Å². The van der Waals surface area contributed by atoms with Crippen molar-refractivity contribution < 1.29 is 9.53 Å². The lowest BCUT2D eigenvalue weighted by molar-refractivity contribution is 0.0941. The van der Waals surface area contributed by atoms with Gasteiger partial charge in [-0.1, -0.05) is 42.2 Å². The number of amides is 1. The second kappa shape index (κ2) is 10.9. The van der Waals surface area contributed by atoms with Crippen LogP contribution in [0.15, 0.2) is 96.2 Å². The van der Waals surface area contributed by atoms with Crippen LogP contribution in [0.1, 0.15) is 40.1 Å². The zero-order valence-electron chi connectivity index (χ0n) is 22.8. The van der Waals surface area contributed by atoms with E-state index in [9.17, 15) is 9.59 Å². The van der Waals surface area contributed by atoms with E-state index in [2.05, 4.69) is 32.2 Å². The van der Waals surface area contributed by atoms with E-state index in [0.29, 0.717) is 44.8 Å². The summed E-state index contributed by atoms with van der Waals surface area (Å²) in [6.07, 6.45) is 4.85. The summed E-state index contributed by atoms with van der Waals surface area (Å²) in [6.45, 7) is 1.81. The molecular weight excluding hydrogens is 530 g/mol. The molecule has 0 bridgehead atoms. The lowest BCUT2D eigenvalue weighted by Gasteiger charge is -2.21. The molecule has 3 N–H and O–H groups in total. The van der Waals surface area contributed by atoms with Crippen molar-refractivity contribution in [2.75, 3.05) is 12.8 Å². The van der Waals surface area contributed by atoms with Gasteiger partial charge in [0.15, 0.2) is 11.5 Å². The monoisotopic (exact) mass is 555 g/mol. The van der Waals surface area contributed by atoms with Crippen LogP contribution in [0.4, 0.5) is 5.82 Å². The van der Waals surface area contributed by atoms with E-state index in [4.69, 9.17) is 10.5 Å². The minimum atomic E-state index is -0.590. The first-order chi connectivity index (χ1) is 20.4. The van der Waals surface area contributed by atoms with Gasteiger partial charge < -0.3 is 15.8 Å². The van der Waals surface area contributed by atoms with Gasteiger partial charge in [-0.25, -0.2) is 14.5 Å². The maximum absolute atomic E-state index is 14.2. The number of hydrogen-bond donors (Lipinski definition) is 2. The van der Waals surface area contributed by atoms with Crippen LogP contribution in [0, 0.1) is 11.8 Å². The fourth-order valence-corrected chi connectivity index (χ4v) is 4.83. The summed E-state index contributed by atoms with van der Waals surface area (Å²) < 4.78 is 8.17. The maximum atomic E-state index is 14.2. The molecule has 1 amide bonds. The number of rotatable bonds is 5. The Hall–Kier alpha value is -5.95. The van der Waals surface area contributed by atoms with E-state index in [1.54, 1.807) is 48.5 Å². The normalized spacial score (nSPS) is 11.6. The largest absolute Gasteiger partial charge is 0.481 e. The number of para-hydroxylation sites is 1. The summed E-state index contributed by atoms with van der Waals surface area (Å²) in [4.78, 5) is 36.1. The van der Waals surface area contributed by atoms with Gasteiger partial charge in [0.2, 0.25) is 5.88 Å². The molecule has 0 fully saturated rings. The number of ether oxygens (including phenoxy) is 1. The molecule has 2 aromatic carbocycles. The molecule has 10 nitrogen and oxygen atoms in total. The Bertz CT molecular complexity index is 2070. The van der Waals surface area contributed by atoms with Gasteiger partial charge >= 0.3 is 0 Å². The Morgan fingerprint density at radius 3 is 2.62 bits per heavy atom. The van der Waals surface area contributed by atoms with Gasteiger partial charge in [-0.2, -0.15) is 0 Å². The number of benzene rings is 2. The number of nitrogen functional groups attached to an aromatic ring is 1. The Morgan fingerprint density at radius 2 is 1.86 bits per heavy atom. The number of hydrogen-bond acceptors (Lipinski definition) is 7. The maximum Gasteiger partial charge on any atom is 0.264 e. The van der Waals surface area contributed by atoms with Crippen molar-refractivity contribution in [3.8, 4) is 23.4 Å². The van der Waals surface area contributed by atoms with Crippen LogP contribution in [-0.2, 0) is 0 Å². The van der Waals surface area contributed by atoms with Crippen molar-refractivity contribution in [3.05, 3.63) is 124 Å². The lowest BCUT2D eigenvalue weighted by Crippen LogP contribution is -2.32. The van der Waals surface area contributed by atoms with Crippen molar-refractivity contribution in [2.24, 2.45) is 0 Å². The van der Waals surface area contributed by atoms with Crippen molar-refractivity contribution >= 4 is 28.1 Å². The van der Waals surface area contributed by atoms with Crippen LogP contribution in [0.2, 0.25) is 0 Å².